The Labute approximate surface area is 147 Å². The van der Waals surface area contributed by atoms with Gasteiger partial charge in [0.2, 0.25) is 0 Å². The molecule has 0 aliphatic carbocycles. The quantitative estimate of drug-likeness (QED) is 0.399. The van der Waals surface area contributed by atoms with E-state index in [4.69, 9.17) is 37.7 Å². The lowest BCUT2D eigenvalue weighted by Crippen LogP contribution is -2.61. The van der Waals surface area contributed by atoms with Crippen LogP contribution in [0.4, 0.5) is 0 Å². The van der Waals surface area contributed by atoms with E-state index in [-0.39, 0.29) is 6.61 Å². The summed E-state index contributed by atoms with van der Waals surface area (Å²) in [6.07, 6.45) is -2.81. The summed E-state index contributed by atoms with van der Waals surface area (Å²) in [6.45, 7) is -0.0124. The highest BCUT2D eigenvalue weighted by molar-refractivity contribution is 7.85. The lowest BCUT2D eigenvalue weighted by Gasteiger charge is -2.44. The molecule has 1 aliphatic heterocycles. The molecule has 11 heteroatoms. The van der Waals surface area contributed by atoms with Gasteiger partial charge in [0.15, 0.2) is 12.0 Å². The largest absolute Gasteiger partial charge is 0.501 e. The average Bonchev–Trinajstić information content (AvgIpc) is 2.56. The molecule has 0 bridgehead atoms. The molecule has 5 unspecified atom stereocenters. The van der Waals surface area contributed by atoms with Crippen LogP contribution in [-0.2, 0) is 43.3 Å². The number of rotatable bonds is 10. The molecule has 1 rings (SSSR count). The molecule has 10 nitrogen and oxygen atoms in total. The predicted molar refractivity (Wildman–Crippen MR) is 85.5 cm³/mol. The summed E-state index contributed by atoms with van der Waals surface area (Å²) in [5.74, 6) is -0.290. The van der Waals surface area contributed by atoms with Gasteiger partial charge in [-0.3, -0.25) is 4.55 Å². The minimum Gasteiger partial charge on any atom is -0.501 e. The topological polar surface area (TPSA) is 119 Å². The standard InChI is InChI=1S/C14H26O10S/c1-18-6-9(19-2)7-23-14-13(22-5)12(21-4)11(20-3)10(24-14)8-25(15,16)17/h6,10-14H,7-8H2,1-5H3,(H,15,16,17). The second kappa shape index (κ2) is 10.3. The van der Waals surface area contributed by atoms with E-state index < -0.39 is 46.6 Å². The van der Waals surface area contributed by atoms with Gasteiger partial charge < -0.3 is 33.2 Å². The van der Waals surface area contributed by atoms with Crippen LogP contribution in [0.25, 0.3) is 0 Å². The number of hydrogen-bond donors (Lipinski definition) is 1. The van der Waals surface area contributed by atoms with Crippen molar-refractivity contribution >= 4 is 10.1 Å². The van der Waals surface area contributed by atoms with Gasteiger partial charge in [0, 0.05) is 21.3 Å². The second-order valence-corrected chi connectivity index (χ2v) is 6.72. The summed E-state index contributed by atoms with van der Waals surface area (Å²) in [7, 11) is 2.86. The van der Waals surface area contributed by atoms with Crippen molar-refractivity contribution in [1.82, 2.24) is 0 Å². The third-order valence-corrected chi connectivity index (χ3v) is 4.43. The van der Waals surface area contributed by atoms with Crippen LogP contribution in [0.15, 0.2) is 12.0 Å². The van der Waals surface area contributed by atoms with Crippen molar-refractivity contribution in [3.63, 3.8) is 0 Å². The van der Waals surface area contributed by atoms with Crippen molar-refractivity contribution in [2.45, 2.75) is 30.7 Å². The van der Waals surface area contributed by atoms with Crippen molar-refractivity contribution in [3.8, 4) is 0 Å². The number of hydrogen-bond acceptors (Lipinski definition) is 9. The second-order valence-electron chi connectivity index (χ2n) is 5.23. The molecule has 0 saturated carbocycles. The minimum absolute atomic E-state index is 0.0124. The predicted octanol–water partition coefficient (Wildman–Crippen LogP) is -0.205. The van der Waals surface area contributed by atoms with Gasteiger partial charge in [-0.1, -0.05) is 0 Å². The fourth-order valence-electron chi connectivity index (χ4n) is 2.59. The van der Waals surface area contributed by atoms with Crippen LogP contribution in [0, 0.1) is 0 Å². The fourth-order valence-corrected chi connectivity index (χ4v) is 3.28. The average molecular weight is 386 g/mol. The van der Waals surface area contributed by atoms with Crippen molar-refractivity contribution in [3.05, 3.63) is 12.0 Å². The molecule has 25 heavy (non-hydrogen) atoms. The van der Waals surface area contributed by atoms with E-state index in [9.17, 15) is 8.42 Å². The van der Waals surface area contributed by atoms with Crippen LogP contribution in [0.1, 0.15) is 0 Å². The first-order chi connectivity index (χ1) is 11.8. The van der Waals surface area contributed by atoms with Gasteiger partial charge in [-0.25, -0.2) is 0 Å². The van der Waals surface area contributed by atoms with E-state index in [2.05, 4.69) is 0 Å². The summed E-state index contributed by atoms with van der Waals surface area (Å²) in [4.78, 5) is 0. The summed E-state index contributed by atoms with van der Waals surface area (Å²) in [5.41, 5.74) is 0. The highest BCUT2D eigenvalue weighted by Gasteiger charge is 2.48. The van der Waals surface area contributed by atoms with Crippen molar-refractivity contribution < 1.29 is 46.1 Å². The first kappa shape index (κ1) is 22.1. The lowest BCUT2D eigenvalue weighted by molar-refractivity contribution is -0.303. The SMILES string of the molecule is COC=C(COC1OC(CS(=O)(=O)O)C(OC)C(OC)C1OC)OC. The molecule has 0 spiro atoms. The molecule has 5 atom stereocenters. The van der Waals surface area contributed by atoms with Gasteiger partial charge in [-0.05, 0) is 0 Å². The molecule has 1 saturated heterocycles. The monoisotopic (exact) mass is 386 g/mol. The van der Waals surface area contributed by atoms with Crippen LogP contribution < -0.4 is 0 Å². The molecule has 148 valence electrons. The van der Waals surface area contributed by atoms with Crippen LogP contribution in [-0.4, -0.2) is 91.6 Å². The fraction of sp³-hybridized carbons (Fsp3) is 0.857. The molecular weight excluding hydrogens is 360 g/mol. The first-order valence-corrected chi connectivity index (χ1v) is 8.98. The molecule has 1 heterocycles. The summed E-state index contributed by atoms with van der Waals surface area (Å²) in [5, 5.41) is 0. The van der Waals surface area contributed by atoms with E-state index in [1.54, 1.807) is 0 Å². The van der Waals surface area contributed by atoms with E-state index in [1.807, 2.05) is 0 Å². The smallest absolute Gasteiger partial charge is 0.267 e. The van der Waals surface area contributed by atoms with Crippen LogP contribution in [0.5, 0.6) is 0 Å². The highest BCUT2D eigenvalue weighted by atomic mass is 32.2. The molecular formula is C14H26O10S. The van der Waals surface area contributed by atoms with Crippen molar-refractivity contribution in [1.29, 1.82) is 0 Å². The van der Waals surface area contributed by atoms with Gasteiger partial charge >= 0.3 is 0 Å². The molecule has 0 radical (unpaired) electrons. The van der Waals surface area contributed by atoms with Crippen LogP contribution >= 0.6 is 0 Å². The van der Waals surface area contributed by atoms with Gasteiger partial charge in [0.1, 0.15) is 43.0 Å². The third kappa shape index (κ3) is 6.37. The normalized spacial score (nSPS) is 31.0. The molecule has 1 fully saturated rings. The van der Waals surface area contributed by atoms with Crippen molar-refractivity contribution in [2.75, 3.05) is 47.9 Å². The lowest BCUT2D eigenvalue weighted by atomic mass is 9.99. The number of methoxy groups -OCH3 is 5. The van der Waals surface area contributed by atoms with Crippen molar-refractivity contribution in [2.24, 2.45) is 0 Å². The molecule has 0 aromatic rings. The Bertz CT molecular complexity index is 520. The van der Waals surface area contributed by atoms with Gasteiger partial charge in [0.05, 0.1) is 14.2 Å². The zero-order valence-electron chi connectivity index (χ0n) is 14.9. The third-order valence-electron chi connectivity index (χ3n) is 3.68. The zero-order valence-corrected chi connectivity index (χ0v) is 15.7. The number of ether oxygens (including phenoxy) is 7. The van der Waals surface area contributed by atoms with Gasteiger partial charge in [-0.2, -0.15) is 8.42 Å². The highest BCUT2D eigenvalue weighted by Crippen LogP contribution is 2.28. The summed E-state index contributed by atoms with van der Waals surface area (Å²) >= 11 is 0. The molecule has 0 aromatic carbocycles. The minimum atomic E-state index is -4.30. The molecule has 1 aliphatic rings. The summed E-state index contributed by atoms with van der Waals surface area (Å²) in [6, 6.07) is 0. The van der Waals surface area contributed by atoms with E-state index in [1.165, 1.54) is 41.8 Å². The maximum absolute atomic E-state index is 11.3. The van der Waals surface area contributed by atoms with E-state index >= 15 is 0 Å². The Morgan fingerprint density at radius 3 is 2.08 bits per heavy atom. The summed E-state index contributed by atoms with van der Waals surface area (Å²) < 4.78 is 69.0. The maximum atomic E-state index is 11.3. The Balaban J connectivity index is 2.99. The molecule has 1 N–H and O–H groups in total. The van der Waals surface area contributed by atoms with E-state index in [0.29, 0.717) is 5.76 Å². The van der Waals surface area contributed by atoms with Crippen LogP contribution in [0.2, 0.25) is 0 Å². The maximum Gasteiger partial charge on any atom is 0.267 e. The van der Waals surface area contributed by atoms with E-state index in [0.717, 1.165) is 0 Å². The Morgan fingerprint density at radius 1 is 1.04 bits per heavy atom. The molecule has 0 aromatic heterocycles. The van der Waals surface area contributed by atoms with Crippen LogP contribution in [0.3, 0.4) is 0 Å². The first-order valence-electron chi connectivity index (χ1n) is 7.37. The Morgan fingerprint density at radius 2 is 1.64 bits per heavy atom. The Hall–Kier alpha value is -0.950. The van der Waals surface area contributed by atoms with Gasteiger partial charge in [-0.15, -0.1) is 0 Å². The Kier molecular flexibility index (Phi) is 9.07. The molecule has 0 amide bonds. The zero-order chi connectivity index (χ0) is 19.0. The van der Waals surface area contributed by atoms with Gasteiger partial charge in [0.25, 0.3) is 10.1 Å².